The van der Waals surface area contributed by atoms with Gasteiger partial charge in [0.05, 0.1) is 28.4 Å². The highest BCUT2D eigenvalue weighted by molar-refractivity contribution is 6.13. The summed E-state index contributed by atoms with van der Waals surface area (Å²) in [5.74, 6) is -0.587. The highest BCUT2D eigenvalue weighted by atomic mass is 16.6. The lowest BCUT2D eigenvalue weighted by molar-refractivity contribution is -0.384. The van der Waals surface area contributed by atoms with E-state index in [1.54, 1.807) is 35.5 Å². The highest BCUT2D eigenvalue weighted by Crippen LogP contribution is 2.28. The molecule has 0 saturated heterocycles. The van der Waals surface area contributed by atoms with E-state index in [9.17, 15) is 19.7 Å². The molecule has 38 heavy (non-hydrogen) atoms. The first-order valence-corrected chi connectivity index (χ1v) is 12.0. The van der Waals surface area contributed by atoms with Gasteiger partial charge in [-0.05, 0) is 37.4 Å². The van der Waals surface area contributed by atoms with E-state index >= 15 is 0 Å². The summed E-state index contributed by atoms with van der Waals surface area (Å²) in [7, 11) is 3.60. The van der Waals surface area contributed by atoms with E-state index in [4.69, 9.17) is 0 Å². The van der Waals surface area contributed by atoms with Gasteiger partial charge in [-0.2, -0.15) is 0 Å². The third-order valence-corrected chi connectivity index (χ3v) is 6.26. The van der Waals surface area contributed by atoms with Gasteiger partial charge in [-0.15, -0.1) is 0 Å². The van der Waals surface area contributed by atoms with Crippen molar-refractivity contribution >= 4 is 22.8 Å². The molecule has 0 atom stereocenters. The normalized spacial score (nSPS) is 11.1. The number of benzene rings is 3. The van der Waals surface area contributed by atoms with Crippen molar-refractivity contribution in [1.82, 2.24) is 14.3 Å². The zero-order valence-electron chi connectivity index (χ0n) is 20.9. The number of rotatable bonds is 8. The number of Topliss-reactive ketones (excluding diaryl/α,β-unsaturated/α-hetero) is 1. The average Bonchev–Trinajstić information content (AvgIpc) is 3.32. The van der Waals surface area contributed by atoms with Crippen molar-refractivity contribution in [3.8, 4) is 22.4 Å². The van der Waals surface area contributed by atoms with Crippen molar-refractivity contribution in [2.45, 2.75) is 0 Å². The number of aromatic nitrogens is 2. The van der Waals surface area contributed by atoms with Gasteiger partial charge in [0.15, 0.2) is 5.78 Å². The summed E-state index contributed by atoms with van der Waals surface area (Å²) in [6.07, 6.45) is 1.52. The predicted molar refractivity (Wildman–Crippen MR) is 145 cm³/mol. The van der Waals surface area contributed by atoms with E-state index in [1.807, 2.05) is 54.6 Å². The van der Waals surface area contributed by atoms with Gasteiger partial charge in [-0.1, -0.05) is 66.7 Å². The van der Waals surface area contributed by atoms with Crippen LogP contribution < -0.4 is 0 Å². The topological polar surface area (TPSA) is 97.8 Å². The van der Waals surface area contributed by atoms with E-state index < -0.39 is 10.7 Å². The van der Waals surface area contributed by atoms with Gasteiger partial charge in [-0.3, -0.25) is 24.1 Å². The van der Waals surface area contributed by atoms with Crippen molar-refractivity contribution in [2.75, 3.05) is 20.6 Å². The SMILES string of the molecule is CN(C)CC(=O)c1cc(C(=O)c2cccc([N+](=O)[O-])c2)n2cnc(-c3ccc(-c4ccccc4)cc3)cc12. The Morgan fingerprint density at radius 1 is 0.868 bits per heavy atom. The Hall–Kier alpha value is -4.95. The largest absolute Gasteiger partial charge is 0.302 e. The third-order valence-electron chi connectivity index (χ3n) is 6.26. The molecule has 0 N–H and O–H groups in total. The molecular weight excluding hydrogens is 480 g/mol. The maximum Gasteiger partial charge on any atom is 0.270 e. The standard InChI is InChI=1S/C30H24N4O4/c1-32(2)18-29(35)25-16-28(30(36)23-9-6-10-24(15-23)34(37)38)33-19-31-26(17-27(25)33)22-13-11-21(12-14-22)20-7-4-3-5-8-20/h3-17,19H,18H2,1-2H3. The molecule has 0 amide bonds. The van der Waals surface area contributed by atoms with Crippen LogP contribution in [-0.4, -0.2) is 51.4 Å². The van der Waals surface area contributed by atoms with Crippen molar-refractivity contribution < 1.29 is 14.5 Å². The second kappa shape index (κ2) is 10.2. The van der Waals surface area contributed by atoms with Crippen LogP contribution in [-0.2, 0) is 0 Å². The van der Waals surface area contributed by atoms with E-state index in [1.165, 1.54) is 30.6 Å². The van der Waals surface area contributed by atoms with E-state index in [0.717, 1.165) is 16.7 Å². The van der Waals surface area contributed by atoms with Crippen LogP contribution in [0.1, 0.15) is 26.4 Å². The number of ketones is 2. The maximum atomic E-state index is 13.4. The molecule has 0 bridgehead atoms. The van der Waals surface area contributed by atoms with E-state index in [-0.39, 0.29) is 29.3 Å². The van der Waals surface area contributed by atoms with E-state index in [2.05, 4.69) is 4.98 Å². The summed E-state index contributed by atoms with van der Waals surface area (Å²) < 4.78 is 1.58. The molecule has 5 aromatic rings. The number of fused-ring (bicyclic) bond motifs is 1. The zero-order valence-corrected chi connectivity index (χ0v) is 20.9. The second-order valence-corrected chi connectivity index (χ2v) is 9.21. The van der Waals surface area contributed by atoms with Crippen LogP contribution in [0.2, 0.25) is 0 Å². The molecule has 0 aliphatic heterocycles. The quantitative estimate of drug-likeness (QED) is 0.156. The van der Waals surface area contributed by atoms with Gasteiger partial charge in [0.2, 0.25) is 5.78 Å². The molecule has 0 unspecified atom stereocenters. The molecule has 0 radical (unpaired) electrons. The summed E-state index contributed by atoms with van der Waals surface area (Å²) in [5, 5.41) is 11.2. The Morgan fingerprint density at radius 2 is 1.55 bits per heavy atom. The molecule has 0 fully saturated rings. The number of non-ortho nitro benzene ring substituents is 1. The number of nitro groups is 1. The monoisotopic (exact) mass is 504 g/mol. The lowest BCUT2D eigenvalue weighted by atomic mass is 10.0. The summed E-state index contributed by atoms with van der Waals surface area (Å²) in [5.41, 5.74) is 4.82. The molecule has 8 nitrogen and oxygen atoms in total. The van der Waals surface area contributed by atoms with Crippen LogP contribution >= 0.6 is 0 Å². The minimum absolute atomic E-state index is 0.151. The fourth-order valence-electron chi connectivity index (χ4n) is 4.40. The lowest BCUT2D eigenvalue weighted by Gasteiger charge is -2.09. The van der Waals surface area contributed by atoms with E-state index in [0.29, 0.717) is 16.8 Å². The number of hydrogen-bond acceptors (Lipinski definition) is 6. The molecule has 0 saturated carbocycles. The third kappa shape index (κ3) is 4.85. The number of nitrogens with zero attached hydrogens (tertiary/aromatic N) is 4. The molecule has 2 aromatic heterocycles. The summed E-state index contributed by atoms with van der Waals surface area (Å²) in [6.45, 7) is 0.160. The Bertz CT molecular complexity index is 1670. The summed E-state index contributed by atoms with van der Waals surface area (Å²) in [4.78, 5) is 43.6. The minimum atomic E-state index is -0.546. The first-order valence-electron chi connectivity index (χ1n) is 12.0. The number of likely N-dealkylation sites (N-methyl/N-ethyl adjacent to an activating group) is 1. The van der Waals surface area contributed by atoms with Crippen molar-refractivity contribution in [3.63, 3.8) is 0 Å². The number of carbonyl (C=O) groups is 2. The first-order chi connectivity index (χ1) is 18.3. The van der Waals surface area contributed by atoms with Crippen LogP contribution in [0.3, 0.4) is 0 Å². The molecule has 8 heteroatoms. The molecule has 188 valence electrons. The van der Waals surface area contributed by atoms with Crippen LogP contribution in [0.5, 0.6) is 0 Å². The first kappa shape index (κ1) is 24.7. The van der Waals surface area contributed by atoms with Crippen molar-refractivity contribution in [1.29, 1.82) is 0 Å². The van der Waals surface area contributed by atoms with Crippen molar-refractivity contribution in [2.24, 2.45) is 0 Å². The highest BCUT2D eigenvalue weighted by Gasteiger charge is 2.23. The Kier molecular flexibility index (Phi) is 6.64. The molecule has 0 aliphatic rings. The lowest BCUT2D eigenvalue weighted by Crippen LogP contribution is -2.21. The molecule has 0 spiro atoms. The zero-order chi connectivity index (χ0) is 26.8. The van der Waals surface area contributed by atoms with Gasteiger partial charge in [0.1, 0.15) is 6.33 Å². The van der Waals surface area contributed by atoms with Crippen LogP contribution in [0, 0.1) is 10.1 Å². The maximum absolute atomic E-state index is 13.4. The molecule has 5 rings (SSSR count). The molecule has 2 heterocycles. The number of nitro benzene ring substituents is 1. The van der Waals surface area contributed by atoms with Crippen molar-refractivity contribution in [3.05, 3.63) is 124 Å². The second-order valence-electron chi connectivity index (χ2n) is 9.21. The minimum Gasteiger partial charge on any atom is -0.302 e. The van der Waals surface area contributed by atoms with Crippen LogP contribution in [0.15, 0.2) is 97.3 Å². The van der Waals surface area contributed by atoms with Gasteiger partial charge >= 0.3 is 0 Å². The van der Waals surface area contributed by atoms with Gasteiger partial charge in [0, 0.05) is 28.8 Å². The number of hydrogen-bond donors (Lipinski definition) is 0. The van der Waals surface area contributed by atoms with Crippen LogP contribution in [0.4, 0.5) is 5.69 Å². The van der Waals surface area contributed by atoms with Gasteiger partial charge < -0.3 is 4.90 Å². The molecular formula is C30H24N4O4. The predicted octanol–water partition coefficient (Wildman–Crippen LogP) is 5.55. The Morgan fingerprint density at radius 3 is 2.24 bits per heavy atom. The van der Waals surface area contributed by atoms with Gasteiger partial charge in [0.25, 0.3) is 5.69 Å². The van der Waals surface area contributed by atoms with Gasteiger partial charge in [-0.25, -0.2) is 4.98 Å². The number of carbonyl (C=O) groups excluding carboxylic acids is 2. The molecule has 3 aromatic carbocycles. The summed E-state index contributed by atoms with van der Waals surface area (Å²) in [6, 6.07) is 26.9. The molecule has 0 aliphatic carbocycles. The smallest absolute Gasteiger partial charge is 0.270 e. The fraction of sp³-hybridized carbons (Fsp3) is 0.100. The average molecular weight is 505 g/mol. The Balaban J connectivity index is 1.59. The fourth-order valence-corrected chi connectivity index (χ4v) is 4.40. The Labute approximate surface area is 219 Å². The summed E-state index contributed by atoms with van der Waals surface area (Å²) >= 11 is 0. The van der Waals surface area contributed by atoms with Crippen LogP contribution in [0.25, 0.3) is 27.9 Å².